The summed E-state index contributed by atoms with van der Waals surface area (Å²) in [6, 6.07) is 0. The Morgan fingerprint density at radius 3 is 2.10 bits per heavy atom. The molecule has 1 atom stereocenters. The smallest absolute Gasteiger partial charge is 0.230 e. The Hall–Kier alpha value is -0.360. The largest absolute Gasteiger partial charge is 0.358 e. The molecule has 0 aliphatic rings. The molecule has 122 valence electrons. The minimum absolute atomic E-state index is 0.0356. The summed E-state index contributed by atoms with van der Waals surface area (Å²) in [5.74, 6) is 0.604. The normalized spacial score (nSPS) is 10.2. The third-order valence-electron chi connectivity index (χ3n) is 1.85. The molecule has 0 heterocycles. The Balaban J connectivity index is -0.000000656. The van der Waals surface area contributed by atoms with Crippen LogP contribution in [-0.2, 0) is 9.59 Å². The number of carbonyl (C=O) groups is 2. The van der Waals surface area contributed by atoms with Crippen LogP contribution in [0.15, 0.2) is 0 Å². The first-order valence-corrected chi connectivity index (χ1v) is 9.73. The van der Waals surface area contributed by atoms with Crippen LogP contribution in [0.4, 0.5) is 0 Å². The van der Waals surface area contributed by atoms with Gasteiger partial charge in [0.1, 0.15) is 0 Å². The van der Waals surface area contributed by atoms with Gasteiger partial charge in [0.25, 0.3) is 0 Å². The lowest BCUT2D eigenvalue weighted by Crippen LogP contribution is -2.23. The molecule has 0 bridgehead atoms. The van der Waals surface area contributed by atoms with Gasteiger partial charge in [0.2, 0.25) is 11.8 Å². The highest BCUT2D eigenvalue weighted by molar-refractivity contribution is 8.77. The van der Waals surface area contributed by atoms with Gasteiger partial charge in [-0.1, -0.05) is 56.2 Å². The summed E-state index contributed by atoms with van der Waals surface area (Å²) in [6.07, 6.45) is 1.40. The Labute approximate surface area is 133 Å². The maximum absolute atomic E-state index is 11.2. The summed E-state index contributed by atoms with van der Waals surface area (Å²) in [5, 5.41) is 5.72. The molecule has 1 unspecified atom stereocenters. The lowest BCUT2D eigenvalue weighted by Gasteiger charge is -2.09. The summed E-state index contributed by atoms with van der Waals surface area (Å²) in [5.41, 5.74) is 0. The van der Waals surface area contributed by atoms with Gasteiger partial charge < -0.3 is 10.6 Å². The average molecular weight is 325 g/mol. The van der Waals surface area contributed by atoms with E-state index in [0.29, 0.717) is 24.0 Å². The summed E-state index contributed by atoms with van der Waals surface area (Å²) >= 11 is 0. The van der Waals surface area contributed by atoms with Gasteiger partial charge in [-0.2, -0.15) is 0 Å². The standard InChI is InChI=1S/C10H20N2O2S2.2C2H6/c1-4-12-9(13)6-5-8(2)16-15-7-10(14)11-3;2*1-2/h8H,4-7H2,1-3H3,(H,11,14)(H,12,13);2*1-2H3. The molecule has 0 saturated heterocycles. The van der Waals surface area contributed by atoms with E-state index < -0.39 is 0 Å². The highest BCUT2D eigenvalue weighted by Gasteiger charge is 2.08. The molecule has 0 aromatic heterocycles. The lowest BCUT2D eigenvalue weighted by molar-refractivity contribution is -0.121. The van der Waals surface area contributed by atoms with Crippen molar-refractivity contribution in [2.45, 2.75) is 59.6 Å². The fourth-order valence-corrected chi connectivity index (χ4v) is 3.22. The predicted molar refractivity (Wildman–Crippen MR) is 94.2 cm³/mol. The molecule has 0 fully saturated rings. The zero-order chi connectivity index (χ0) is 16.4. The van der Waals surface area contributed by atoms with Gasteiger partial charge in [0, 0.05) is 25.3 Å². The second kappa shape index (κ2) is 20.9. The Morgan fingerprint density at radius 2 is 1.65 bits per heavy atom. The van der Waals surface area contributed by atoms with Crippen LogP contribution in [0.2, 0.25) is 0 Å². The zero-order valence-corrected chi connectivity index (χ0v) is 15.7. The number of nitrogens with one attached hydrogen (secondary N) is 2. The zero-order valence-electron chi connectivity index (χ0n) is 14.0. The van der Waals surface area contributed by atoms with Crippen LogP contribution in [-0.4, -0.2) is 36.4 Å². The van der Waals surface area contributed by atoms with Crippen LogP contribution in [0.3, 0.4) is 0 Å². The fourth-order valence-electron chi connectivity index (χ4n) is 0.944. The molecule has 0 aliphatic heterocycles. The third-order valence-corrected chi connectivity index (χ3v) is 4.68. The lowest BCUT2D eigenvalue weighted by atomic mass is 10.2. The maximum atomic E-state index is 11.2. The third kappa shape index (κ3) is 20.0. The molecule has 0 rings (SSSR count). The molecule has 4 nitrogen and oxygen atoms in total. The monoisotopic (exact) mass is 324 g/mol. The van der Waals surface area contributed by atoms with Crippen LogP contribution < -0.4 is 10.6 Å². The Morgan fingerprint density at radius 1 is 1.10 bits per heavy atom. The van der Waals surface area contributed by atoms with E-state index in [0.717, 1.165) is 6.42 Å². The van der Waals surface area contributed by atoms with Crippen molar-refractivity contribution in [3.63, 3.8) is 0 Å². The summed E-state index contributed by atoms with van der Waals surface area (Å²) in [4.78, 5) is 22.1. The highest BCUT2D eigenvalue weighted by Crippen LogP contribution is 2.28. The van der Waals surface area contributed by atoms with Gasteiger partial charge in [0.15, 0.2) is 0 Å². The second-order valence-corrected chi connectivity index (χ2v) is 6.14. The topological polar surface area (TPSA) is 58.2 Å². The minimum Gasteiger partial charge on any atom is -0.358 e. The predicted octanol–water partition coefficient (Wildman–Crippen LogP) is 3.47. The van der Waals surface area contributed by atoms with Gasteiger partial charge in [-0.15, -0.1) is 0 Å². The maximum Gasteiger partial charge on any atom is 0.230 e. The number of hydrogen-bond donors (Lipinski definition) is 2. The first-order chi connectivity index (χ1) is 9.60. The van der Waals surface area contributed by atoms with Crippen molar-refractivity contribution in [3.8, 4) is 0 Å². The van der Waals surface area contributed by atoms with E-state index in [-0.39, 0.29) is 11.8 Å². The van der Waals surface area contributed by atoms with Crippen molar-refractivity contribution in [2.75, 3.05) is 19.3 Å². The SMILES string of the molecule is CC.CC.CCNC(=O)CCC(C)SSCC(=O)NC. The van der Waals surface area contributed by atoms with Crippen molar-refractivity contribution >= 4 is 33.4 Å². The molecule has 2 N–H and O–H groups in total. The number of hydrogen-bond acceptors (Lipinski definition) is 4. The van der Waals surface area contributed by atoms with Crippen LogP contribution >= 0.6 is 21.6 Å². The molecule has 0 spiro atoms. The molecule has 0 aliphatic carbocycles. The van der Waals surface area contributed by atoms with Crippen molar-refractivity contribution in [1.29, 1.82) is 0 Å². The molecule has 6 heteroatoms. The van der Waals surface area contributed by atoms with Crippen molar-refractivity contribution in [3.05, 3.63) is 0 Å². The first-order valence-electron chi connectivity index (χ1n) is 7.35. The van der Waals surface area contributed by atoms with Gasteiger partial charge in [-0.25, -0.2) is 0 Å². The van der Waals surface area contributed by atoms with Crippen molar-refractivity contribution in [2.24, 2.45) is 0 Å². The second-order valence-electron chi connectivity index (χ2n) is 3.33. The number of carbonyl (C=O) groups excluding carboxylic acids is 2. The van der Waals surface area contributed by atoms with E-state index in [1.807, 2.05) is 34.6 Å². The molecule has 20 heavy (non-hydrogen) atoms. The van der Waals surface area contributed by atoms with Crippen LogP contribution in [0.1, 0.15) is 54.4 Å². The molecular formula is C14H32N2O2S2. The average Bonchev–Trinajstić information content (AvgIpc) is 2.49. The molecule has 2 amide bonds. The minimum atomic E-state index is 0.0356. The van der Waals surface area contributed by atoms with Gasteiger partial charge in [-0.05, 0) is 13.3 Å². The number of rotatable bonds is 8. The van der Waals surface area contributed by atoms with Crippen LogP contribution in [0, 0.1) is 0 Å². The number of amides is 2. The van der Waals surface area contributed by atoms with Gasteiger partial charge in [-0.3, -0.25) is 9.59 Å². The fraction of sp³-hybridized carbons (Fsp3) is 0.857. The van der Waals surface area contributed by atoms with Crippen molar-refractivity contribution < 1.29 is 9.59 Å². The Kier molecular flexibility index (Phi) is 25.8. The highest BCUT2D eigenvalue weighted by atomic mass is 33.1. The van der Waals surface area contributed by atoms with E-state index in [9.17, 15) is 9.59 Å². The summed E-state index contributed by atoms with van der Waals surface area (Å²) in [6.45, 7) is 12.7. The molecular weight excluding hydrogens is 292 g/mol. The van der Waals surface area contributed by atoms with Crippen molar-refractivity contribution in [1.82, 2.24) is 10.6 Å². The van der Waals surface area contributed by atoms with Gasteiger partial charge in [0.05, 0.1) is 5.75 Å². The Bertz CT molecular complexity index is 227. The van der Waals surface area contributed by atoms with E-state index in [1.54, 1.807) is 17.8 Å². The van der Waals surface area contributed by atoms with E-state index >= 15 is 0 Å². The molecule has 0 aromatic rings. The van der Waals surface area contributed by atoms with E-state index in [2.05, 4.69) is 17.6 Å². The first kappa shape index (κ1) is 24.6. The molecule has 0 radical (unpaired) electrons. The molecule has 0 saturated carbocycles. The van der Waals surface area contributed by atoms with E-state index in [1.165, 1.54) is 10.8 Å². The summed E-state index contributed by atoms with van der Waals surface area (Å²) < 4.78 is 0. The summed E-state index contributed by atoms with van der Waals surface area (Å²) in [7, 11) is 4.82. The quantitative estimate of drug-likeness (QED) is 0.671. The van der Waals surface area contributed by atoms with Crippen LogP contribution in [0.5, 0.6) is 0 Å². The van der Waals surface area contributed by atoms with E-state index in [4.69, 9.17) is 0 Å². The molecule has 0 aromatic carbocycles. The van der Waals surface area contributed by atoms with Crippen LogP contribution in [0.25, 0.3) is 0 Å². The van der Waals surface area contributed by atoms with Gasteiger partial charge >= 0.3 is 0 Å².